The van der Waals surface area contributed by atoms with Crippen molar-refractivity contribution < 1.29 is 8.78 Å². The fraction of sp³-hybridized carbons (Fsp3) is 0. The van der Waals surface area contributed by atoms with Crippen LogP contribution in [-0.2, 0) is 0 Å². The van der Waals surface area contributed by atoms with Crippen LogP contribution in [0.1, 0.15) is 5.56 Å². The smallest absolute Gasteiger partial charge is 0.150 e. The van der Waals surface area contributed by atoms with E-state index in [0.717, 1.165) is 0 Å². The van der Waals surface area contributed by atoms with Crippen molar-refractivity contribution in [3.63, 3.8) is 0 Å². The van der Waals surface area contributed by atoms with Crippen LogP contribution in [0.5, 0.6) is 0 Å². The van der Waals surface area contributed by atoms with Crippen LogP contribution in [0.4, 0.5) is 20.2 Å². The normalized spacial score (nSPS) is 9.89. The van der Waals surface area contributed by atoms with Gasteiger partial charge in [-0.15, -0.1) is 0 Å². The molecule has 0 atom stereocenters. The molecule has 2 rings (SSSR count). The van der Waals surface area contributed by atoms with Crippen molar-refractivity contribution in [3.05, 3.63) is 58.1 Å². The van der Waals surface area contributed by atoms with Gasteiger partial charge in [-0.05, 0) is 30.3 Å². The third-order valence-corrected chi connectivity index (χ3v) is 2.73. The van der Waals surface area contributed by atoms with Gasteiger partial charge in [0.1, 0.15) is 5.69 Å². The molecule has 0 aliphatic carbocycles. The average molecular weight is 309 g/mol. The van der Waals surface area contributed by atoms with Gasteiger partial charge in [0.25, 0.3) is 0 Å². The highest BCUT2D eigenvalue weighted by molar-refractivity contribution is 9.10. The zero-order chi connectivity index (χ0) is 13.1. The molecule has 0 spiro atoms. The number of anilines is 2. The summed E-state index contributed by atoms with van der Waals surface area (Å²) in [6.45, 7) is 0. The molecule has 2 nitrogen and oxygen atoms in total. The van der Waals surface area contributed by atoms with Gasteiger partial charge in [0.15, 0.2) is 11.6 Å². The van der Waals surface area contributed by atoms with Gasteiger partial charge in [0.2, 0.25) is 0 Å². The molecule has 0 aromatic heterocycles. The van der Waals surface area contributed by atoms with E-state index in [2.05, 4.69) is 21.2 Å². The Morgan fingerprint density at radius 3 is 2.39 bits per heavy atom. The summed E-state index contributed by atoms with van der Waals surface area (Å²) in [5.41, 5.74) is 0.625. The molecule has 0 fully saturated rings. The first kappa shape index (κ1) is 12.5. The second-order valence-electron chi connectivity index (χ2n) is 3.56. The maximum atomic E-state index is 13.6. The van der Waals surface area contributed by atoms with Gasteiger partial charge in [0.05, 0.1) is 11.6 Å². The highest BCUT2D eigenvalue weighted by Crippen LogP contribution is 2.27. The van der Waals surface area contributed by atoms with E-state index in [1.54, 1.807) is 18.2 Å². The predicted molar refractivity (Wildman–Crippen MR) is 68.5 cm³/mol. The minimum absolute atomic E-state index is 0.242. The van der Waals surface area contributed by atoms with Crippen molar-refractivity contribution in [3.8, 4) is 6.07 Å². The van der Waals surface area contributed by atoms with E-state index < -0.39 is 11.6 Å². The Bertz CT molecular complexity index is 612. The lowest BCUT2D eigenvalue weighted by Gasteiger charge is -2.09. The summed E-state index contributed by atoms with van der Waals surface area (Å²) in [5.74, 6) is -1.41. The first-order valence-electron chi connectivity index (χ1n) is 5.02. The zero-order valence-corrected chi connectivity index (χ0v) is 10.6. The molecule has 2 aromatic carbocycles. The summed E-state index contributed by atoms with van der Waals surface area (Å²) in [7, 11) is 0. The third-order valence-electron chi connectivity index (χ3n) is 2.27. The standard InChI is InChI=1S/C13H7BrF2N2/c14-9-5-11(15)13(12(16)6-9)18-10-3-1-2-8(4-10)7-17/h1-6,18H. The summed E-state index contributed by atoms with van der Waals surface area (Å²) in [6, 6.07) is 10.7. The fourth-order valence-electron chi connectivity index (χ4n) is 1.47. The predicted octanol–water partition coefficient (Wildman–Crippen LogP) is 4.34. The lowest BCUT2D eigenvalue weighted by atomic mass is 10.2. The second-order valence-corrected chi connectivity index (χ2v) is 4.48. The van der Waals surface area contributed by atoms with Crippen LogP contribution >= 0.6 is 15.9 Å². The first-order chi connectivity index (χ1) is 8.60. The van der Waals surface area contributed by atoms with E-state index in [-0.39, 0.29) is 5.69 Å². The van der Waals surface area contributed by atoms with Gasteiger partial charge < -0.3 is 5.32 Å². The van der Waals surface area contributed by atoms with Crippen molar-refractivity contribution >= 4 is 27.3 Å². The number of halogens is 3. The molecule has 2 aromatic rings. The highest BCUT2D eigenvalue weighted by Gasteiger charge is 2.10. The lowest BCUT2D eigenvalue weighted by Crippen LogP contribution is -1.98. The quantitative estimate of drug-likeness (QED) is 0.895. The Kier molecular flexibility index (Phi) is 3.58. The average Bonchev–Trinajstić information content (AvgIpc) is 2.34. The molecule has 0 aliphatic rings. The Hall–Kier alpha value is -1.93. The van der Waals surface area contributed by atoms with Crippen LogP contribution in [0.15, 0.2) is 40.9 Å². The van der Waals surface area contributed by atoms with Gasteiger partial charge in [-0.1, -0.05) is 22.0 Å². The summed E-state index contributed by atoms with van der Waals surface area (Å²) in [6.07, 6.45) is 0. The van der Waals surface area contributed by atoms with Crippen molar-refractivity contribution in [2.45, 2.75) is 0 Å². The molecule has 0 bridgehead atoms. The third kappa shape index (κ3) is 2.66. The van der Waals surface area contributed by atoms with Crippen molar-refractivity contribution in [1.29, 1.82) is 5.26 Å². The molecular formula is C13H7BrF2N2. The van der Waals surface area contributed by atoms with Crippen molar-refractivity contribution in [1.82, 2.24) is 0 Å². The molecule has 0 saturated carbocycles. The van der Waals surface area contributed by atoms with Crippen molar-refractivity contribution in [2.24, 2.45) is 0 Å². The van der Waals surface area contributed by atoms with Crippen molar-refractivity contribution in [2.75, 3.05) is 5.32 Å². The Labute approximate surface area is 111 Å². The van der Waals surface area contributed by atoms with Gasteiger partial charge in [0, 0.05) is 10.2 Å². The monoisotopic (exact) mass is 308 g/mol. The number of benzene rings is 2. The molecular weight excluding hydrogens is 302 g/mol. The summed E-state index contributed by atoms with van der Waals surface area (Å²) < 4.78 is 27.5. The highest BCUT2D eigenvalue weighted by atomic mass is 79.9. The topological polar surface area (TPSA) is 35.8 Å². The van der Waals surface area contributed by atoms with Gasteiger partial charge >= 0.3 is 0 Å². The molecule has 0 amide bonds. The first-order valence-corrected chi connectivity index (χ1v) is 5.81. The molecule has 1 N–H and O–H groups in total. The zero-order valence-electron chi connectivity index (χ0n) is 9.05. The van der Waals surface area contributed by atoms with Crippen LogP contribution in [0.3, 0.4) is 0 Å². The molecule has 0 radical (unpaired) electrons. The van der Waals surface area contributed by atoms with E-state index in [0.29, 0.717) is 15.7 Å². The number of hydrogen-bond donors (Lipinski definition) is 1. The van der Waals surface area contributed by atoms with E-state index in [4.69, 9.17) is 5.26 Å². The van der Waals surface area contributed by atoms with Gasteiger partial charge in [-0.25, -0.2) is 8.78 Å². The summed E-state index contributed by atoms with van der Waals surface area (Å²) in [4.78, 5) is 0. The molecule has 18 heavy (non-hydrogen) atoms. The van der Waals surface area contributed by atoms with Crippen LogP contribution in [-0.4, -0.2) is 0 Å². The second kappa shape index (κ2) is 5.15. The minimum Gasteiger partial charge on any atom is -0.351 e. The van der Waals surface area contributed by atoms with Crippen LogP contribution in [0, 0.1) is 23.0 Å². The van der Waals surface area contributed by atoms with Crippen LogP contribution < -0.4 is 5.32 Å². The van der Waals surface area contributed by atoms with Gasteiger partial charge in [-0.2, -0.15) is 5.26 Å². The maximum Gasteiger partial charge on any atom is 0.150 e. The van der Waals surface area contributed by atoms with E-state index in [1.807, 2.05) is 6.07 Å². The maximum absolute atomic E-state index is 13.6. The fourth-order valence-corrected chi connectivity index (χ4v) is 1.87. The summed E-state index contributed by atoms with van der Waals surface area (Å²) >= 11 is 3.00. The molecule has 0 aliphatic heterocycles. The summed E-state index contributed by atoms with van der Waals surface area (Å²) in [5, 5.41) is 11.4. The number of rotatable bonds is 2. The van der Waals surface area contributed by atoms with E-state index >= 15 is 0 Å². The Morgan fingerprint density at radius 2 is 1.78 bits per heavy atom. The number of nitrogens with zero attached hydrogens (tertiary/aromatic N) is 1. The largest absolute Gasteiger partial charge is 0.351 e. The molecule has 0 saturated heterocycles. The molecule has 90 valence electrons. The number of nitriles is 1. The van der Waals surface area contributed by atoms with E-state index in [1.165, 1.54) is 18.2 Å². The minimum atomic E-state index is -0.704. The van der Waals surface area contributed by atoms with Gasteiger partial charge in [-0.3, -0.25) is 0 Å². The van der Waals surface area contributed by atoms with Crippen LogP contribution in [0.2, 0.25) is 0 Å². The molecule has 0 heterocycles. The Morgan fingerprint density at radius 1 is 1.11 bits per heavy atom. The van der Waals surface area contributed by atoms with E-state index in [9.17, 15) is 8.78 Å². The SMILES string of the molecule is N#Cc1cccc(Nc2c(F)cc(Br)cc2F)c1. The Balaban J connectivity index is 2.37. The lowest BCUT2D eigenvalue weighted by molar-refractivity contribution is 0.589. The molecule has 0 unspecified atom stereocenters. The van der Waals surface area contributed by atoms with Crippen LogP contribution in [0.25, 0.3) is 0 Å². The molecule has 5 heteroatoms. The number of hydrogen-bond acceptors (Lipinski definition) is 2. The number of nitrogens with one attached hydrogen (secondary N) is 1.